The third-order valence-corrected chi connectivity index (χ3v) is 5.25. The van der Waals surface area contributed by atoms with Crippen LogP contribution in [0, 0.1) is 17.0 Å². The molecule has 3 aromatic carbocycles. The molecule has 0 atom stereocenters. The summed E-state index contributed by atoms with van der Waals surface area (Å²) < 4.78 is 12.2. The third kappa shape index (κ3) is 4.76. The molecular formula is C24H17BrN2O5. The summed E-state index contributed by atoms with van der Waals surface area (Å²) in [6, 6.07) is 19.6. The number of halogens is 1. The minimum atomic E-state index is -0.599. The molecule has 8 heteroatoms. The number of para-hydroxylation sites is 1. The number of benzene rings is 3. The number of carbonyl (C=O) groups is 1. The summed E-state index contributed by atoms with van der Waals surface area (Å²) in [5.41, 5.74) is 2.73. The van der Waals surface area contributed by atoms with Crippen molar-refractivity contribution in [2.45, 2.75) is 13.5 Å². The zero-order valence-corrected chi connectivity index (χ0v) is 18.5. The van der Waals surface area contributed by atoms with Gasteiger partial charge in [0.15, 0.2) is 5.70 Å². The molecule has 32 heavy (non-hydrogen) atoms. The van der Waals surface area contributed by atoms with Crippen molar-refractivity contribution in [3.8, 4) is 5.75 Å². The van der Waals surface area contributed by atoms with Crippen molar-refractivity contribution in [1.29, 1.82) is 0 Å². The summed E-state index contributed by atoms with van der Waals surface area (Å²) in [5.74, 6) is 0.104. The summed E-state index contributed by atoms with van der Waals surface area (Å²) in [6.07, 6.45) is 1.60. The number of nitro groups is 1. The van der Waals surface area contributed by atoms with Gasteiger partial charge >= 0.3 is 5.97 Å². The summed E-state index contributed by atoms with van der Waals surface area (Å²) in [7, 11) is 0. The Morgan fingerprint density at radius 1 is 1.12 bits per heavy atom. The molecule has 0 unspecified atom stereocenters. The van der Waals surface area contributed by atoms with Gasteiger partial charge in [0, 0.05) is 27.2 Å². The van der Waals surface area contributed by atoms with E-state index in [4.69, 9.17) is 9.47 Å². The molecule has 0 aromatic heterocycles. The molecule has 0 amide bonds. The number of hydrogen-bond acceptors (Lipinski definition) is 6. The minimum Gasteiger partial charge on any atom is -0.488 e. The Hall–Kier alpha value is -3.78. The first-order valence-electron chi connectivity index (χ1n) is 9.65. The van der Waals surface area contributed by atoms with Crippen molar-refractivity contribution >= 4 is 39.6 Å². The molecule has 1 aliphatic rings. The molecule has 7 nitrogen and oxygen atoms in total. The smallest absolute Gasteiger partial charge is 0.363 e. The Balaban J connectivity index is 1.59. The van der Waals surface area contributed by atoms with Crippen molar-refractivity contribution in [1.82, 2.24) is 0 Å². The van der Waals surface area contributed by atoms with Crippen molar-refractivity contribution < 1.29 is 19.2 Å². The highest BCUT2D eigenvalue weighted by molar-refractivity contribution is 9.10. The molecule has 1 aliphatic heterocycles. The van der Waals surface area contributed by atoms with Gasteiger partial charge in [-0.2, -0.15) is 0 Å². The van der Waals surface area contributed by atoms with Crippen molar-refractivity contribution in [2.75, 3.05) is 0 Å². The Kier molecular flexibility index (Phi) is 6.13. The normalized spacial score (nSPS) is 14.2. The van der Waals surface area contributed by atoms with Crippen LogP contribution >= 0.6 is 15.9 Å². The fourth-order valence-electron chi connectivity index (χ4n) is 3.19. The van der Waals surface area contributed by atoms with E-state index in [2.05, 4.69) is 20.9 Å². The maximum atomic E-state index is 12.4. The largest absolute Gasteiger partial charge is 0.488 e. The van der Waals surface area contributed by atoms with E-state index in [-0.39, 0.29) is 17.3 Å². The number of ether oxygens (including phenoxy) is 2. The highest BCUT2D eigenvalue weighted by atomic mass is 79.9. The summed E-state index contributed by atoms with van der Waals surface area (Å²) in [4.78, 5) is 27.2. The second kappa shape index (κ2) is 9.15. The fraction of sp³-hybridized carbons (Fsp3) is 0.0833. The molecule has 3 aromatic rings. The predicted octanol–water partition coefficient (Wildman–Crippen LogP) is 5.59. The zero-order chi connectivity index (χ0) is 22.7. The molecule has 0 N–H and O–H groups in total. The van der Waals surface area contributed by atoms with E-state index in [9.17, 15) is 14.9 Å². The van der Waals surface area contributed by atoms with Crippen LogP contribution in [0.15, 0.2) is 81.9 Å². The van der Waals surface area contributed by atoms with Gasteiger partial charge in [0.1, 0.15) is 12.4 Å². The van der Waals surface area contributed by atoms with Gasteiger partial charge in [-0.05, 0) is 48.9 Å². The number of carbonyl (C=O) groups excluding carboxylic acids is 1. The average Bonchev–Trinajstić information content (AvgIpc) is 3.13. The quantitative estimate of drug-likeness (QED) is 0.193. The van der Waals surface area contributed by atoms with Crippen LogP contribution in [0.5, 0.6) is 5.75 Å². The summed E-state index contributed by atoms with van der Waals surface area (Å²) >= 11 is 3.44. The van der Waals surface area contributed by atoms with E-state index in [1.807, 2.05) is 48.5 Å². The number of nitro benzene ring substituents is 1. The molecule has 160 valence electrons. The van der Waals surface area contributed by atoms with Crippen LogP contribution in [-0.4, -0.2) is 16.8 Å². The molecule has 0 saturated heterocycles. The number of rotatable bonds is 6. The van der Waals surface area contributed by atoms with Gasteiger partial charge in [0.25, 0.3) is 5.69 Å². The van der Waals surface area contributed by atoms with Crippen molar-refractivity contribution in [3.05, 3.63) is 109 Å². The minimum absolute atomic E-state index is 0.00837. The summed E-state index contributed by atoms with van der Waals surface area (Å²) in [6.45, 7) is 1.98. The van der Waals surface area contributed by atoms with E-state index >= 15 is 0 Å². The van der Waals surface area contributed by atoms with Crippen LogP contribution in [0.4, 0.5) is 5.69 Å². The summed E-state index contributed by atoms with van der Waals surface area (Å²) in [5, 5.41) is 11.0. The van der Waals surface area contributed by atoms with E-state index in [1.165, 1.54) is 12.1 Å². The Morgan fingerprint density at radius 3 is 2.69 bits per heavy atom. The van der Waals surface area contributed by atoms with Crippen LogP contribution in [-0.2, 0) is 16.1 Å². The standard InChI is InChI=1S/C24H17BrN2O5/c1-15-11-18(9-10-21(15)27(29)30)23-26-20(24(28)32-23)13-17-6-2-3-8-22(17)31-14-16-5-4-7-19(25)12-16/h2-13H,14H2,1H3/b20-13-. The number of cyclic esters (lactones) is 1. The molecule has 4 rings (SSSR count). The highest BCUT2D eigenvalue weighted by Crippen LogP contribution is 2.27. The first-order valence-corrected chi connectivity index (χ1v) is 10.4. The third-order valence-electron chi connectivity index (χ3n) is 4.76. The fourth-order valence-corrected chi connectivity index (χ4v) is 3.64. The molecule has 0 spiro atoms. The lowest BCUT2D eigenvalue weighted by Crippen LogP contribution is -2.06. The molecule has 0 saturated carbocycles. The monoisotopic (exact) mass is 492 g/mol. The topological polar surface area (TPSA) is 91.0 Å². The van der Waals surface area contributed by atoms with Gasteiger partial charge < -0.3 is 9.47 Å². The number of aliphatic imine (C=N–C) groups is 1. The van der Waals surface area contributed by atoms with E-state index in [0.717, 1.165) is 10.0 Å². The lowest BCUT2D eigenvalue weighted by Gasteiger charge is -2.09. The molecule has 0 fully saturated rings. The maximum absolute atomic E-state index is 12.4. The van der Waals surface area contributed by atoms with E-state index in [1.54, 1.807) is 19.1 Å². The number of aryl methyl sites for hydroxylation is 1. The van der Waals surface area contributed by atoms with E-state index < -0.39 is 10.9 Å². The van der Waals surface area contributed by atoms with Crippen molar-refractivity contribution in [3.63, 3.8) is 0 Å². The Morgan fingerprint density at radius 2 is 1.94 bits per heavy atom. The zero-order valence-electron chi connectivity index (χ0n) is 16.9. The first-order chi connectivity index (χ1) is 15.4. The molecule has 0 aliphatic carbocycles. The van der Waals surface area contributed by atoms with Crippen LogP contribution in [0.25, 0.3) is 6.08 Å². The van der Waals surface area contributed by atoms with Gasteiger partial charge in [-0.3, -0.25) is 10.1 Å². The van der Waals surface area contributed by atoms with Gasteiger partial charge in [0.2, 0.25) is 5.90 Å². The van der Waals surface area contributed by atoms with Crippen LogP contribution in [0.3, 0.4) is 0 Å². The Bertz CT molecular complexity index is 1280. The van der Waals surface area contributed by atoms with Gasteiger partial charge in [-0.15, -0.1) is 0 Å². The van der Waals surface area contributed by atoms with Crippen LogP contribution < -0.4 is 4.74 Å². The first kappa shape index (κ1) is 21.5. The number of nitrogens with zero attached hydrogens (tertiary/aromatic N) is 2. The van der Waals surface area contributed by atoms with Crippen LogP contribution in [0.2, 0.25) is 0 Å². The molecule has 0 bridgehead atoms. The molecule has 1 heterocycles. The molecular weight excluding hydrogens is 476 g/mol. The Labute approximate surface area is 192 Å². The van der Waals surface area contributed by atoms with Gasteiger partial charge in [-0.25, -0.2) is 9.79 Å². The van der Waals surface area contributed by atoms with Crippen molar-refractivity contribution in [2.24, 2.45) is 4.99 Å². The SMILES string of the molecule is Cc1cc(C2=N/C(=C\c3ccccc3OCc3cccc(Br)c3)C(=O)O2)ccc1[N+](=O)[O-]. The average molecular weight is 493 g/mol. The highest BCUT2D eigenvalue weighted by Gasteiger charge is 2.25. The van der Waals surface area contributed by atoms with E-state index in [0.29, 0.717) is 29.0 Å². The second-order valence-corrected chi connectivity index (χ2v) is 7.97. The second-order valence-electron chi connectivity index (χ2n) is 7.05. The maximum Gasteiger partial charge on any atom is 0.363 e. The number of hydrogen-bond donors (Lipinski definition) is 0. The van der Waals surface area contributed by atoms with Gasteiger partial charge in [-0.1, -0.05) is 46.3 Å². The molecule has 0 radical (unpaired) electrons. The lowest BCUT2D eigenvalue weighted by atomic mass is 10.1. The number of esters is 1. The predicted molar refractivity (Wildman–Crippen MR) is 123 cm³/mol. The van der Waals surface area contributed by atoms with Crippen LogP contribution in [0.1, 0.15) is 22.3 Å². The van der Waals surface area contributed by atoms with Gasteiger partial charge in [0.05, 0.1) is 4.92 Å². The lowest BCUT2D eigenvalue weighted by molar-refractivity contribution is -0.385.